The van der Waals surface area contributed by atoms with Gasteiger partial charge in [-0.25, -0.2) is 0 Å². The molecule has 2 rings (SSSR count). The van der Waals surface area contributed by atoms with E-state index in [1.165, 1.54) is 0 Å². The van der Waals surface area contributed by atoms with Gasteiger partial charge in [0.15, 0.2) is 0 Å². The average molecular weight is 365 g/mol. The Labute approximate surface area is 151 Å². The van der Waals surface area contributed by atoms with Crippen LogP contribution in [0.3, 0.4) is 0 Å². The van der Waals surface area contributed by atoms with E-state index >= 15 is 0 Å². The summed E-state index contributed by atoms with van der Waals surface area (Å²) >= 11 is 11.8. The lowest BCUT2D eigenvalue weighted by Gasteiger charge is -2.10. The molecule has 2 aromatic rings. The van der Waals surface area contributed by atoms with E-state index in [0.717, 1.165) is 5.56 Å². The van der Waals surface area contributed by atoms with Gasteiger partial charge in [0.2, 0.25) is 5.91 Å². The van der Waals surface area contributed by atoms with Gasteiger partial charge in [-0.15, -0.1) is 0 Å². The fraction of sp³-hybridized carbons (Fsp3) is 0.222. The van der Waals surface area contributed by atoms with Gasteiger partial charge in [-0.05, 0) is 55.3 Å². The van der Waals surface area contributed by atoms with Crippen LogP contribution in [0.4, 0.5) is 5.69 Å². The zero-order chi connectivity index (χ0) is 17.5. The molecule has 2 N–H and O–H groups in total. The van der Waals surface area contributed by atoms with Crippen molar-refractivity contribution >= 4 is 40.7 Å². The number of nitrogens with one attached hydrogen (secondary N) is 2. The fourth-order valence-corrected chi connectivity index (χ4v) is 2.41. The molecule has 4 nitrogen and oxygen atoms in total. The second kappa shape index (κ2) is 8.71. The van der Waals surface area contributed by atoms with Gasteiger partial charge in [-0.1, -0.05) is 29.3 Å². The molecule has 0 aromatic heterocycles. The zero-order valence-corrected chi connectivity index (χ0v) is 14.7. The molecule has 0 heterocycles. The summed E-state index contributed by atoms with van der Waals surface area (Å²) in [5.74, 6) is -0.293. The summed E-state index contributed by atoms with van der Waals surface area (Å²) in [6.07, 6.45) is 0.859. The second-order valence-electron chi connectivity index (χ2n) is 5.33. The Bertz CT molecular complexity index is 730. The minimum atomic E-state index is -0.183. The summed E-state index contributed by atoms with van der Waals surface area (Å²) < 4.78 is 0. The van der Waals surface area contributed by atoms with E-state index in [1.54, 1.807) is 42.5 Å². The van der Waals surface area contributed by atoms with Crippen molar-refractivity contribution in [2.75, 3.05) is 11.9 Å². The predicted molar refractivity (Wildman–Crippen MR) is 97.8 cm³/mol. The highest BCUT2D eigenvalue weighted by molar-refractivity contribution is 6.31. The number of benzene rings is 2. The molecule has 0 unspecified atom stereocenters. The van der Waals surface area contributed by atoms with E-state index in [0.29, 0.717) is 40.7 Å². The highest BCUT2D eigenvalue weighted by atomic mass is 35.5. The number of carbonyl (C=O) groups is 2. The Kier molecular flexibility index (Phi) is 6.64. The number of anilines is 1. The van der Waals surface area contributed by atoms with Gasteiger partial charge >= 0.3 is 0 Å². The predicted octanol–water partition coefficient (Wildman–Crippen LogP) is 4.45. The van der Waals surface area contributed by atoms with E-state index in [2.05, 4.69) is 10.6 Å². The van der Waals surface area contributed by atoms with Gasteiger partial charge in [0.1, 0.15) is 0 Å². The Hall–Kier alpha value is -2.04. The van der Waals surface area contributed by atoms with E-state index < -0.39 is 0 Å². The molecule has 24 heavy (non-hydrogen) atoms. The molecule has 0 aliphatic carbocycles. The van der Waals surface area contributed by atoms with Crippen molar-refractivity contribution < 1.29 is 9.59 Å². The first kappa shape index (κ1) is 18.3. The van der Waals surface area contributed by atoms with Gasteiger partial charge in [0.25, 0.3) is 5.91 Å². The first-order valence-corrected chi connectivity index (χ1v) is 8.31. The first-order chi connectivity index (χ1) is 11.5. The summed E-state index contributed by atoms with van der Waals surface area (Å²) in [5, 5.41) is 6.80. The van der Waals surface area contributed by atoms with Gasteiger partial charge < -0.3 is 10.6 Å². The normalized spacial score (nSPS) is 10.3. The van der Waals surface area contributed by atoms with Crippen molar-refractivity contribution in [2.45, 2.75) is 19.8 Å². The second-order valence-corrected chi connectivity index (χ2v) is 6.17. The molecule has 0 bridgehead atoms. The molecule has 0 fully saturated rings. The van der Waals surface area contributed by atoms with Crippen molar-refractivity contribution in [1.29, 1.82) is 0 Å². The Morgan fingerprint density at radius 3 is 2.46 bits per heavy atom. The van der Waals surface area contributed by atoms with Crippen molar-refractivity contribution in [1.82, 2.24) is 5.32 Å². The van der Waals surface area contributed by atoms with Crippen LogP contribution in [0.1, 0.15) is 28.8 Å². The standard InChI is InChI=1S/C18H18Cl2N2O2/c1-12-15(20)4-2-5-16(12)22-17(23)6-3-11-21-18(24)13-7-9-14(19)10-8-13/h2,4-5,7-10H,3,6,11H2,1H3,(H,21,24)(H,22,23). The summed E-state index contributed by atoms with van der Waals surface area (Å²) in [7, 11) is 0. The van der Waals surface area contributed by atoms with Crippen LogP contribution in [0.15, 0.2) is 42.5 Å². The lowest BCUT2D eigenvalue weighted by atomic mass is 10.2. The summed E-state index contributed by atoms with van der Waals surface area (Å²) in [5.41, 5.74) is 2.08. The number of rotatable bonds is 6. The van der Waals surface area contributed by atoms with Crippen LogP contribution < -0.4 is 10.6 Å². The number of amides is 2. The van der Waals surface area contributed by atoms with Crippen molar-refractivity contribution in [3.8, 4) is 0 Å². The molecule has 0 atom stereocenters. The average Bonchev–Trinajstić information content (AvgIpc) is 2.56. The first-order valence-electron chi connectivity index (χ1n) is 7.56. The van der Waals surface area contributed by atoms with Gasteiger partial charge in [-0.3, -0.25) is 9.59 Å². The van der Waals surface area contributed by atoms with Crippen LogP contribution in [0.5, 0.6) is 0 Å². The van der Waals surface area contributed by atoms with Crippen molar-refractivity contribution in [3.05, 3.63) is 63.6 Å². The van der Waals surface area contributed by atoms with Crippen LogP contribution in [0.2, 0.25) is 10.0 Å². The number of hydrogen-bond donors (Lipinski definition) is 2. The lowest BCUT2D eigenvalue weighted by Crippen LogP contribution is -2.25. The van der Waals surface area contributed by atoms with Gasteiger partial charge in [0, 0.05) is 34.3 Å². The molecule has 0 spiro atoms. The van der Waals surface area contributed by atoms with E-state index in [4.69, 9.17) is 23.2 Å². The Morgan fingerprint density at radius 1 is 1.04 bits per heavy atom. The topological polar surface area (TPSA) is 58.2 Å². The van der Waals surface area contributed by atoms with Crippen molar-refractivity contribution in [3.63, 3.8) is 0 Å². The molecule has 0 aliphatic heterocycles. The van der Waals surface area contributed by atoms with E-state index in [1.807, 2.05) is 6.92 Å². The van der Waals surface area contributed by atoms with E-state index in [9.17, 15) is 9.59 Å². The quantitative estimate of drug-likeness (QED) is 0.743. The molecule has 6 heteroatoms. The smallest absolute Gasteiger partial charge is 0.251 e. The molecule has 2 amide bonds. The highest BCUT2D eigenvalue weighted by Gasteiger charge is 2.08. The van der Waals surface area contributed by atoms with Gasteiger partial charge in [0.05, 0.1) is 0 Å². The number of halogens is 2. The molecule has 2 aromatic carbocycles. The fourth-order valence-electron chi connectivity index (χ4n) is 2.11. The highest BCUT2D eigenvalue weighted by Crippen LogP contribution is 2.23. The molecule has 0 saturated carbocycles. The van der Waals surface area contributed by atoms with Crippen LogP contribution >= 0.6 is 23.2 Å². The SMILES string of the molecule is Cc1c(Cl)cccc1NC(=O)CCCNC(=O)c1ccc(Cl)cc1. The molecule has 0 saturated heterocycles. The summed E-state index contributed by atoms with van der Waals surface area (Å²) in [4.78, 5) is 23.9. The third kappa shape index (κ3) is 5.25. The Balaban J connectivity index is 1.74. The zero-order valence-electron chi connectivity index (χ0n) is 13.2. The van der Waals surface area contributed by atoms with Crippen LogP contribution in [-0.4, -0.2) is 18.4 Å². The minimum Gasteiger partial charge on any atom is -0.352 e. The number of carbonyl (C=O) groups excluding carboxylic acids is 2. The monoisotopic (exact) mass is 364 g/mol. The molecular formula is C18H18Cl2N2O2. The summed E-state index contributed by atoms with van der Waals surface area (Å²) in [6.45, 7) is 2.27. The van der Waals surface area contributed by atoms with Crippen LogP contribution in [-0.2, 0) is 4.79 Å². The maximum atomic E-state index is 11.9. The minimum absolute atomic E-state index is 0.110. The number of hydrogen-bond acceptors (Lipinski definition) is 2. The van der Waals surface area contributed by atoms with Gasteiger partial charge in [-0.2, -0.15) is 0 Å². The summed E-state index contributed by atoms with van der Waals surface area (Å²) in [6, 6.07) is 12.0. The van der Waals surface area contributed by atoms with Crippen molar-refractivity contribution in [2.24, 2.45) is 0 Å². The van der Waals surface area contributed by atoms with Crippen LogP contribution in [0, 0.1) is 6.92 Å². The van der Waals surface area contributed by atoms with E-state index in [-0.39, 0.29) is 11.8 Å². The molecular weight excluding hydrogens is 347 g/mol. The lowest BCUT2D eigenvalue weighted by molar-refractivity contribution is -0.116. The third-order valence-corrected chi connectivity index (χ3v) is 4.18. The van der Waals surface area contributed by atoms with Crippen LogP contribution in [0.25, 0.3) is 0 Å². The largest absolute Gasteiger partial charge is 0.352 e. The third-order valence-electron chi connectivity index (χ3n) is 3.51. The molecule has 126 valence electrons. The maximum Gasteiger partial charge on any atom is 0.251 e. The maximum absolute atomic E-state index is 11.9. The molecule has 0 radical (unpaired) electrons. The molecule has 0 aliphatic rings. The Morgan fingerprint density at radius 2 is 1.75 bits per heavy atom.